The molecule has 0 saturated carbocycles. The third kappa shape index (κ3) is 3.53. The van der Waals surface area contributed by atoms with Crippen LogP contribution in [0.25, 0.3) is 0 Å². The molecule has 1 rings (SSSR count). The molecule has 3 nitrogen and oxygen atoms in total. The van der Waals surface area contributed by atoms with E-state index >= 15 is 0 Å². The lowest BCUT2D eigenvalue weighted by atomic mass is 10.1. The second-order valence-electron chi connectivity index (χ2n) is 3.62. The molecule has 1 atom stereocenters. The molecule has 0 bridgehead atoms. The van der Waals surface area contributed by atoms with E-state index in [4.69, 9.17) is 9.47 Å². The van der Waals surface area contributed by atoms with Gasteiger partial charge in [0.05, 0.1) is 6.61 Å². The fourth-order valence-corrected chi connectivity index (χ4v) is 1.31. The van der Waals surface area contributed by atoms with Gasteiger partial charge in [-0.1, -0.05) is 12.1 Å². The average Bonchev–Trinajstić information content (AvgIpc) is 2.21. The molecule has 0 aromatic heterocycles. The third-order valence-electron chi connectivity index (χ3n) is 2.35. The molecule has 0 spiro atoms. The number of hydrogen-bond acceptors (Lipinski definition) is 3. The van der Waals surface area contributed by atoms with Crippen LogP contribution < -0.4 is 4.74 Å². The molecule has 84 valence electrons. The van der Waals surface area contributed by atoms with Gasteiger partial charge in [0.25, 0.3) is 0 Å². The molecule has 0 aliphatic rings. The summed E-state index contributed by atoms with van der Waals surface area (Å²) in [6.07, 6.45) is -0.574. The maximum atomic E-state index is 9.42. The zero-order valence-corrected chi connectivity index (χ0v) is 9.49. The maximum absolute atomic E-state index is 9.42. The van der Waals surface area contributed by atoms with Crippen LogP contribution in [0.15, 0.2) is 18.2 Å². The average molecular weight is 210 g/mol. The van der Waals surface area contributed by atoms with Gasteiger partial charge >= 0.3 is 0 Å². The van der Waals surface area contributed by atoms with Gasteiger partial charge in [0.2, 0.25) is 0 Å². The zero-order chi connectivity index (χ0) is 11.3. The Kier molecular flexibility index (Phi) is 4.59. The first kappa shape index (κ1) is 12.0. The molecule has 15 heavy (non-hydrogen) atoms. The minimum atomic E-state index is -0.574. The molecule has 0 fully saturated rings. The van der Waals surface area contributed by atoms with Crippen molar-refractivity contribution in [3.63, 3.8) is 0 Å². The summed E-state index contributed by atoms with van der Waals surface area (Å²) in [6.45, 7) is 4.60. The number of aryl methyl sites for hydroxylation is 1. The molecule has 0 aliphatic heterocycles. The van der Waals surface area contributed by atoms with E-state index in [1.165, 1.54) is 5.56 Å². The summed E-state index contributed by atoms with van der Waals surface area (Å²) in [5, 5.41) is 9.42. The largest absolute Gasteiger partial charge is 0.491 e. The van der Waals surface area contributed by atoms with Crippen LogP contribution in [0.2, 0.25) is 0 Å². The van der Waals surface area contributed by atoms with Gasteiger partial charge in [0.15, 0.2) is 0 Å². The van der Waals surface area contributed by atoms with Gasteiger partial charge in [-0.3, -0.25) is 0 Å². The van der Waals surface area contributed by atoms with Gasteiger partial charge in [0, 0.05) is 7.11 Å². The summed E-state index contributed by atoms with van der Waals surface area (Å²) in [5.74, 6) is 0.824. The predicted molar refractivity (Wildman–Crippen MR) is 59.3 cm³/mol. The van der Waals surface area contributed by atoms with E-state index in [0.717, 1.165) is 11.3 Å². The fourth-order valence-electron chi connectivity index (χ4n) is 1.31. The molecule has 0 amide bonds. The van der Waals surface area contributed by atoms with Crippen LogP contribution in [-0.2, 0) is 4.74 Å². The lowest BCUT2D eigenvalue weighted by Gasteiger charge is -2.14. The van der Waals surface area contributed by atoms with E-state index in [-0.39, 0.29) is 6.61 Å². The standard InChI is InChI=1S/C12H18O3/c1-9-5-4-6-12(10(9)2)15-8-11(13)7-14-3/h4-6,11,13H,7-8H2,1-3H3. The van der Waals surface area contributed by atoms with Crippen LogP contribution in [0.4, 0.5) is 0 Å². The molecular weight excluding hydrogens is 192 g/mol. The van der Waals surface area contributed by atoms with Crippen molar-refractivity contribution in [3.05, 3.63) is 29.3 Å². The minimum absolute atomic E-state index is 0.262. The number of aliphatic hydroxyl groups is 1. The first-order chi connectivity index (χ1) is 7.15. The topological polar surface area (TPSA) is 38.7 Å². The smallest absolute Gasteiger partial charge is 0.122 e. The molecule has 0 saturated heterocycles. The van der Waals surface area contributed by atoms with Crippen LogP contribution >= 0.6 is 0 Å². The number of aliphatic hydroxyl groups excluding tert-OH is 1. The molecular formula is C12H18O3. The van der Waals surface area contributed by atoms with Crippen LogP contribution in [0.1, 0.15) is 11.1 Å². The molecule has 1 aromatic rings. The van der Waals surface area contributed by atoms with Crippen molar-refractivity contribution in [2.24, 2.45) is 0 Å². The summed E-state index contributed by atoms with van der Waals surface area (Å²) >= 11 is 0. The molecule has 1 aromatic carbocycles. The van der Waals surface area contributed by atoms with Gasteiger partial charge in [-0.05, 0) is 31.0 Å². The second kappa shape index (κ2) is 5.73. The Morgan fingerprint density at radius 3 is 2.67 bits per heavy atom. The van der Waals surface area contributed by atoms with E-state index < -0.39 is 6.10 Å². The van der Waals surface area contributed by atoms with Crippen molar-refractivity contribution in [1.29, 1.82) is 0 Å². The normalized spacial score (nSPS) is 12.5. The number of hydrogen-bond donors (Lipinski definition) is 1. The van der Waals surface area contributed by atoms with Crippen molar-refractivity contribution in [2.75, 3.05) is 20.3 Å². The number of rotatable bonds is 5. The molecule has 1 N–H and O–H groups in total. The van der Waals surface area contributed by atoms with Crippen molar-refractivity contribution in [2.45, 2.75) is 20.0 Å². The van der Waals surface area contributed by atoms with E-state index in [2.05, 4.69) is 0 Å². The SMILES string of the molecule is COCC(O)COc1cccc(C)c1C. The summed E-state index contributed by atoms with van der Waals surface area (Å²) < 4.78 is 10.3. The Morgan fingerprint density at radius 2 is 2.00 bits per heavy atom. The second-order valence-corrected chi connectivity index (χ2v) is 3.62. The molecule has 0 aliphatic carbocycles. The summed E-state index contributed by atoms with van der Waals surface area (Å²) in [6, 6.07) is 5.88. The monoisotopic (exact) mass is 210 g/mol. The molecule has 1 unspecified atom stereocenters. The molecule has 0 heterocycles. The van der Waals surface area contributed by atoms with Crippen LogP contribution in [0, 0.1) is 13.8 Å². The lowest BCUT2D eigenvalue weighted by molar-refractivity contribution is 0.0324. The quantitative estimate of drug-likeness (QED) is 0.803. The highest BCUT2D eigenvalue weighted by Gasteiger charge is 2.06. The van der Waals surface area contributed by atoms with E-state index in [1.807, 2.05) is 32.0 Å². The minimum Gasteiger partial charge on any atom is -0.491 e. The number of methoxy groups -OCH3 is 1. The van der Waals surface area contributed by atoms with Crippen molar-refractivity contribution in [3.8, 4) is 5.75 Å². The molecule has 0 radical (unpaired) electrons. The van der Waals surface area contributed by atoms with Gasteiger partial charge < -0.3 is 14.6 Å². The Hall–Kier alpha value is -1.06. The van der Waals surface area contributed by atoms with Gasteiger partial charge in [0.1, 0.15) is 18.5 Å². The first-order valence-electron chi connectivity index (χ1n) is 5.01. The van der Waals surface area contributed by atoms with E-state index in [9.17, 15) is 5.11 Å². The summed E-state index contributed by atoms with van der Waals surface area (Å²) in [7, 11) is 1.56. The summed E-state index contributed by atoms with van der Waals surface area (Å²) in [4.78, 5) is 0. The van der Waals surface area contributed by atoms with Gasteiger partial charge in [-0.15, -0.1) is 0 Å². The van der Waals surface area contributed by atoms with Crippen molar-refractivity contribution in [1.82, 2.24) is 0 Å². The Morgan fingerprint density at radius 1 is 1.27 bits per heavy atom. The van der Waals surface area contributed by atoms with Gasteiger partial charge in [-0.25, -0.2) is 0 Å². The van der Waals surface area contributed by atoms with Gasteiger partial charge in [-0.2, -0.15) is 0 Å². The van der Waals surface area contributed by atoms with Crippen LogP contribution in [0.3, 0.4) is 0 Å². The summed E-state index contributed by atoms with van der Waals surface area (Å²) in [5.41, 5.74) is 2.30. The fraction of sp³-hybridized carbons (Fsp3) is 0.500. The van der Waals surface area contributed by atoms with E-state index in [0.29, 0.717) is 6.61 Å². The highest BCUT2D eigenvalue weighted by Crippen LogP contribution is 2.20. The Balaban J connectivity index is 2.54. The van der Waals surface area contributed by atoms with Crippen LogP contribution in [0.5, 0.6) is 5.75 Å². The van der Waals surface area contributed by atoms with Crippen LogP contribution in [-0.4, -0.2) is 31.5 Å². The highest BCUT2D eigenvalue weighted by atomic mass is 16.5. The molecule has 3 heteroatoms. The Labute approximate surface area is 90.6 Å². The maximum Gasteiger partial charge on any atom is 0.122 e. The third-order valence-corrected chi connectivity index (χ3v) is 2.35. The number of ether oxygens (including phenoxy) is 2. The lowest BCUT2D eigenvalue weighted by Crippen LogP contribution is -2.22. The predicted octanol–water partition coefficient (Wildman–Crippen LogP) is 1.69. The van der Waals surface area contributed by atoms with Crippen molar-refractivity contribution < 1.29 is 14.6 Å². The Bertz CT molecular complexity index is 310. The first-order valence-corrected chi connectivity index (χ1v) is 5.01. The number of benzene rings is 1. The zero-order valence-electron chi connectivity index (χ0n) is 9.49. The van der Waals surface area contributed by atoms with Crippen molar-refractivity contribution >= 4 is 0 Å². The highest BCUT2D eigenvalue weighted by molar-refractivity contribution is 5.38. The van der Waals surface area contributed by atoms with E-state index in [1.54, 1.807) is 7.11 Å².